The maximum Gasteiger partial charge on any atom is 0.249 e. The highest BCUT2D eigenvalue weighted by Crippen LogP contribution is 2.44. The number of rotatable bonds is 16. The number of carbonyl (C=O) groups excluding carboxylic acids is 3. The van der Waals surface area contributed by atoms with Gasteiger partial charge in [-0.15, -0.1) is 0 Å². The Bertz CT molecular complexity index is 1330. The fourth-order valence-corrected chi connectivity index (χ4v) is 5.77. The molecule has 232 valence electrons. The molecule has 43 heavy (non-hydrogen) atoms. The smallest absolute Gasteiger partial charge is 0.249 e. The maximum atomic E-state index is 13.8. The first kappa shape index (κ1) is 33.6. The molecule has 0 fully saturated rings. The van der Waals surface area contributed by atoms with Crippen molar-refractivity contribution in [1.82, 2.24) is 10.2 Å². The quantitative estimate of drug-likeness (QED) is 0.236. The number of amides is 3. The van der Waals surface area contributed by atoms with Crippen LogP contribution in [-0.4, -0.2) is 60.6 Å². The van der Waals surface area contributed by atoms with Crippen molar-refractivity contribution in [2.24, 2.45) is 22.8 Å². The molecule has 9 nitrogen and oxygen atoms in total. The van der Waals surface area contributed by atoms with Crippen molar-refractivity contribution in [3.63, 3.8) is 0 Å². The number of methoxy groups -OCH3 is 1. The summed E-state index contributed by atoms with van der Waals surface area (Å²) in [6.07, 6.45) is 3.62. The van der Waals surface area contributed by atoms with Gasteiger partial charge in [-0.3, -0.25) is 14.4 Å². The molecule has 0 spiro atoms. The van der Waals surface area contributed by atoms with E-state index >= 15 is 0 Å². The van der Waals surface area contributed by atoms with E-state index in [9.17, 15) is 19.5 Å². The molecule has 9 heteroatoms. The highest BCUT2D eigenvalue weighted by atomic mass is 16.5. The van der Waals surface area contributed by atoms with Gasteiger partial charge < -0.3 is 31.5 Å². The van der Waals surface area contributed by atoms with Gasteiger partial charge >= 0.3 is 0 Å². The van der Waals surface area contributed by atoms with E-state index in [1.807, 2.05) is 69.3 Å². The number of nitrogens with zero attached hydrogens (tertiary/aromatic N) is 1. The van der Waals surface area contributed by atoms with Gasteiger partial charge in [-0.25, -0.2) is 0 Å². The van der Waals surface area contributed by atoms with Crippen LogP contribution < -0.4 is 21.5 Å². The molecule has 0 bridgehead atoms. The fourth-order valence-electron chi connectivity index (χ4n) is 5.77. The van der Waals surface area contributed by atoms with E-state index in [4.69, 9.17) is 16.2 Å². The van der Waals surface area contributed by atoms with Gasteiger partial charge in [-0.05, 0) is 61.9 Å². The molecule has 6 N–H and O–H groups in total. The Kier molecular flexibility index (Phi) is 12.1. The zero-order valence-corrected chi connectivity index (χ0v) is 25.8. The SMILES string of the molecule is CCCN(CCC)C(=O)C1=CC(C(N)=O)=CC(C(N)=O)([C@H](Cc2ccc(C)cc2)[C@@H](O)CNCc2cccc(OC)c2)C1. The highest BCUT2D eigenvalue weighted by Gasteiger charge is 2.49. The second kappa shape index (κ2) is 15.5. The second-order valence-corrected chi connectivity index (χ2v) is 11.4. The van der Waals surface area contributed by atoms with Crippen molar-refractivity contribution in [3.8, 4) is 5.75 Å². The topological polar surface area (TPSA) is 148 Å². The minimum Gasteiger partial charge on any atom is -0.497 e. The second-order valence-electron chi connectivity index (χ2n) is 11.4. The van der Waals surface area contributed by atoms with Crippen molar-refractivity contribution >= 4 is 17.7 Å². The first-order chi connectivity index (χ1) is 20.5. The Morgan fingerprint density at radius 1 is 1.05 bits per heavy atom. The van der Waals surface area contributed by atoms with Gasteiger partial charge in [0.05, 0.1) is 18.6 Å². The summed E-state index contributed by atoms with van der Waals surface area (Å²) < 4.78 is 5.31. The third-order valence-corrected chi connectivity index (χ3v) is 8.04. The Labute approximate surface area is 255 Å². The summed E-state index contributed by atoms with van der Waals surface area (Å²) in [4.78, 5) is 41.6. The molecule has 1 unspecified atom stereocenters. The third-order valence-electron chi connectivity index (χ3n) is 8.04. The molecule has 3 atom stereocenters. The Hall–Kier alpha value is -3.95. The number of nitrogens with two attached hydrogens (primary N) is 2. The number of hydrogen-bond donors (Lipinski definition) is 4. The van der Waals surface area contributed by atoms with Crippen LogP contribution in [0.2, 0.25) is 0 Å². The van der Waals surface area contributed by atoms with Gasteiger partial charge in [0.15, 0.2) is 0 Å². The van der Waals surface area contributed by atoms with Gasteiger partial charge in [-0.2, -0.15) is 0 Å². The predicted octanol–water partition coefficient (Wildman–Crippen LogP) is 3.18. The number of aliphatic hydroxyl groups is 1. The molecular weight excluding hydrogens is 544 g/mol. The van der Waals surface area contributed by atoms with Crippen LogP contribution in [-0.2, 0) is 27.3 Å². The standard InChI is InChI=1S/C34H46N4O5/c1-5-14-38(15-6-2)32(41)27-18-26(31(35)40)19-34(20-27,33(36)42)29(17-24-12-10-23(3)11-13-24)30(39)22-37-21-25-8-7-9-28(16-25)43-4/h7-13,16,18-19,29-30,37,39H,5-6,14-15,17,20-22H2,1-4H3,(H2,35,40)(H2,36,42)/t29-,30+,34?/m1/s1. The average molecular weight is 591 g/mol. The number of benzene rings is 2. The number of aliphatic hydroxyl groups excluding tert-OH is 1. The van der Waals surface area contributed by atoms with Gasteiger partial charge in [0.1, 0.15) is 5.75 Å². The Morgan fingerprint density at radius 2 is 1.72 bits per heavy atom. The van der Waals surface area contributed by atoms with Gasteiger partial charge in [0.25, 0.3) is 0 Å². The van der Waals surface area contributed by atoms with Crippen molar-refractivity contribution < 1.29 is 24.2 Å². The van der Waals surface area contributed by atoms with E-state index in [1.54, 1.807) is 12.0 Å². The van der Waals surface area contributed by atoms with Crippen molar-refractivity contribution in [1.29, 1.82) is 0 Å². The number of ether oxygens (including phenoxy) is 1. The fraction of sp³-hybridized carbons (Fsp3) is 0.441. The molecule has 1 aliphatic rings. The van der Waals surface area contributed by atoms with Crippen LogP contribution in [0.15, 0.2) is 71.8 Å². The molecule has 0 aliphatic heterocycles. The summed E-state index contributed by atoms with van der Waals surface area (Å²) in [6.45, 7) is 7.60. The summed E-state index contributed by atoms with van der Waals surface area (Å²) in [5, 5.41) is 15.0. The van der Waals surface area contributed by atoms with Crippen molar-refractivity contribution in [3.05, 3.63) is 88.5 Å². The van der Waals surface area contributed by atoms with E-state index in [2.05, 4.69) is 5.32 Å². The van der Waals surface area contributed by atoms with Crippen LogP contribution in [0.1, 0.15) is 49.8 Å². The lowest BCUT2D eigenvalue weighted by Gasteiger charge is -2.42. The van der Waals surface area contributed by atoms with Crippen LogP contribution in [0.25, 0.3) is 0 Å². The lowest BCUT2D eigenvalue weighted by Crippen LogP contribution is -2.52. The minimum atomic E-state index is -1.55. The molecule has 2 aromatic rings. The Morgan fingerprint density at radius 3 is 2.30 bits per heavy atom. The summed E-state index contributed by atoms with van der Waals surface area (Å²) in [5.41, 5.74) is 13.6. The lowest BCUT2D eigenvalue weighted by molar-refractivity contribution is -0.132. The summed E-state index contributed by atoms with van der Waals surface area (Å²) in [5.74, 6) is -1.82. The maximum absolute atomic E-state index is 13.8. The molecule has 3 rings (SSSR count). The van der Waals surface area contributed by atoms with Gasteiger partial charge in [0.2, 0.25) is 17.7 Å². The highest BCUT2D eigenvalue weighted by molar-refractivity contribution is 6.03. The van der Waals surface area contributed by atoms with Gasteiger partial charge in [-0.1, -0.05) is 61.9 Å². The molecule has 0 aromatic heterocycles. The summed E-state index contributed by atoms with van der Waals surface area (Å²) >= 11 is 0. The van der Waals surface area contributed by atoms with Crippen molar-refractivity contribution in [2.45, 2.75) is 59.1 Å². The molecule has 2 aromatic carbocycles. The number of carbonyl (C=O) groups is 3. The van der Waals surface area contributed by atoms with Gasteiger partial charge in [0, 0.05) is 43.2 Å². The van der Waals surface area contributed by atoms with E-state index < -0.39 is 29.3 Å². The van der Waals surface area contributed by atoms with Crippen LogP contribution in [0, 0.1) is 18.3 Å². The number of nitrogens with one attached hydrogen (secondary N) is 1. The minimum absolute atomic E-state index is 0.0341. The van der Waals surface area contributed by atoms with E-state index in [0.717, 1.165) is 35.3 Å². The Balaban J connectivity index is 2.02. The molecule has 3 amide bonds. The van der Waals surface area contributed by atoms with Crippen LogP contribution in [0.3, 0.4) is 0 Å². The monoisotopic (exact) mass is 590 g/mol. The number of hydrogen-bond acceptors (Lipinski definition) is 6. The molecule has 0 saturated heterocycles. The zero-order chi connectivity index (χ0) is 31.6. The van der Waals surface area contributed by atoms with Crippen LogP contribution in [0.5, 0.6) is 5.75 Å². The van der Waals surface area contributed by atoms with Crippen LogP contribution in [0.4, 0.5) is 0 Å². The van der Waals surface area contributed by atoms with E-state index in [-0.39, 0.29) is 36.4 Å². The predicted molar refractivity (Wildman–Crippen MR) is 168 cm³/mol. The summed E-state index contributed by atoms with van der Waals surface area (Å²) in [7, 11) is 1.60. The molecule has 1 aliphatic carbocycles. The zero-order valence-electron chi connectivity index (χ0n) is 25.8. The van der Waals surface area contributed by atoms with E-state index in [0.29, 0.717) is 19.6 Å². The molecular formula is C34H46N4O5. The lowest BCUT2D eigenvalue weighted by atomic mass is 9.63. The molecule has 0 heterocycles. The number of aryl methyl sites for hydroxylation is 1. The first-order valence-electron chi connectivity index (χ1n) is 14.9. The van der Waals surface area contributed by atoms with Crippen LogP contribution >= 0.6 is 0 Å². The molecule has 0 saturated carbocycles. The van der Waals surface area contributed by atoms with Crippen molar-refractivity contribution in [2.75, 3.05) is 26.7 Å². The largest absolute Gasteiger partial charge is 0.497 e. The molecule has 0 radical (unpaired) electrons. The summed E-state index contributed by atoms with van der Waals surface area (Å²) in [6, 6.07) is 15.4. The van der Waals surface area contributed by atoms with E-state index in [1.165, 1.54) is 12.2 Å². The first-order valence-corrected chi connectivity index (χ1v) is 14.9. The average Bonchev–Trinajstić information content (AvgIpc) is 2.99. The third kappa shape index (κ3) is 8.55. The number of primary amides is 2. The normalized spacial score (nSPS) is 17.8.